The lowest BCUT2D eigenvalue weighted by molar-refractivity contribution is -0.0361. The number of morpholine rings is 1. The van der Waals surface area contributed by atoms with Crippen molar-refractivity contribution in [1.82, 2.24) is 10.2 Å². The molecule has 2 aliphatic rings. The van der Waals surface area contributed by atoms with Crippen LogP contribution in [0.15, 0.2) is 12.7 Å². The van der Waals surface area contributed by atoms with Crippen molar-refractivity contribution in [1.29, 1.82) is 0 Å². The van der Waals surface area contributed by atoms with E-state index in [-0.39, 0.29) is 0 Å². The van der Waals surface area contributed by atoms with Crippen molar-refractivity contribution in [2.45, 2.75) is 56.5 Å². The van der Waals surface area contributed by atoms with E-state index in [4.69, 9.17) is 4.74 Å². The first kappa shape index (κ1) is 15.0. The minimum absolute atomic E-state index is 0.389. The van der Waals surface area contributed by atoms with Crippen molar-refractivity contribution in [3.8, 4) is 0 Å². The maximum atomic E-state index is 5.54. The van der Waals surface area contributed by atoms with Gasteiger partial charge in [0, 0.05) is 24.7 Å². The highest BCUT2D eigenvalue weighted by Crippen LogP contribution is 2.40. The van der Waals surface area contributed by atoms with Crippen LogP contribution in [-0.2, 0) is 4.74 Å². The van der Waals surface area contributed by atoms with Crippen LogP contribution < -0.4 is 5.32 Å². The van der Waals surface area contributed by atoms with Crippen LogP contribution in [0.25, 0.3) is 0 Å². The molecule has 1 aliphatic carbocycles. The normalized spacial score (nSPS) is 25.3. The third-order valence-electron chi connectivity index (χ3n) is 5.01. The van der Waals surface area contributed by atoms with Gasteiger partial charge in [-0.15, -0.1) is 6.58 Å². The number of rotatable bonds is 7. The number of hydrogen-bond donors (Lipinski definition) is 1. The summed E-state index contributed by atoms with van der Waals surface area (Å²) in [5, 5.41) is 3.62. The van der Waals surface area contributed by atoms with E-state index >= 15 is 0 Å². The Morgan fingerprint density at radius 3 is 2.58 bits per heavy atom. The number of allylic oxidation sites excluding steroid dienone is 1. The average molecular weight is 266 g/mol. The summed E-state index contributed by atoms with van der Waals surface area (Å²) in [6.45, 7) is 7.88. The van der Waals surface area contributed by atoms with Gasteiger partial charge in [0.05, 0.1) is 13.2 Å². The van der Waals surface area contributed by atoms with Crippen molar-refractivity contribution < 1.29 is 4.74 Å². The molecule has 3 heteroatoms. The molecular formula is C16H30N2O. The summed E-state index contributed by atoms with van der Waals surface area (Å²) >= 11 is 0. The molecule has 0 bridgehead atoms. The zero-order chi connectivity index (χ0) is 13.6. The molecule has 1 aliphatic heterocycles. The predicted molar refractivity (Wildman–Crippen MR) is 80.5 cm³/mol. The molecule has 2 rings (SSSR count). The number of ether oxygens (including phenoxy) is 1. The van der Waals surface area contributed by atoms with Gasteiger partial charge in [-0.25, -0.2) is 0 Å². The van der Waals surface area contributed by atoms with Gasteiger partial charge in [-0.2, -0.15) is 0 Å². The fourth-order valence-corrected chi connectivity index (χ4v) is 4.03. The second kappa shape index (κ2) is 7.41. The zero-order valence-corrected chi connectivity index (χ0v) is 12.5. The molecule has 1 N–H and O–H groups in total. The van der Waals surface area contributed by atoms with Crippen molar-refractivity contribution in [3.05, 3.63) is 12.7 Å². The number of unbranched alkanes of at least 4 members (excludes halogenated alkanes) is 1. The van der Waals surface area contributed by atoms with E-state index < -0.39 is 0 Å². The maximum Gasteiger partial charge on any atom is 0.0594 e. The minimum Gasteiger partial charge on any atom is -0.379 e. The second-order valence-corrected chi connectivity index (χ2v) is 5.97. The molecule has 1 unspecified atom stereocenters. The third kappa shape index (κ3) is 3.39. The largest absolute Gasteiger partial charge is 0.379 e. The average Bonchev–Trinajstić information content (AvgIpc) is 2.95. The van der Waals surface area contributed by atoms with Crippen LogP contribution in [-0.4, -0.2) is 49.8 Å². The Morgan fingerprint density at radius 2 is 2.00 bits per heavy atom. The Hall–Kier alpha value is -0.380. The van der Waals surface area contributed by atoms with Gasteiger partial charge in [0.15, 0.2) is 0 Å². The van der Waals surface area contributed by atoms with Gasteiger partial charge in [-0.1, -0.05) is 18.9 Å². The number of nitrogens with one attached hydrogen (secondary N) is 1. The predicted octanol–water partition coefficient (Wildman–Crippen LogP) is 2.58. The van der Waals surface area contributed by atoms with Gasteiger partial charge in [0.25, 0.3) is 0 Å². The highest BCUT2D eigenvalue weighted by molar-refractivity contribution is 5.03. The Morgan fingerprint density at radius 1 is 1.32 bits per heavy atom. The Bertz CT molecular complexity index is 268. The Kier molecular flexibility index (Phi) is 5.86. The third-order valence-corrected chi connectivity index (χ3v) is 5.01. The molecule has 0 radical (unpaired) electrons. The lowest BCUT2D eigenvalue weighted by Crippen LogP contribution is -2.61. The number of nitrogens with zero attached hydrogens (tertiary/aromatic N) is 1. The Balaban J connectivity index is 2.04. The van der Waals surface area contributed by atoms with E-state index in [1.807, 2.05) is 6.08 Å². The Labute approximate surface area is 118 Å². The van der Waals surface area contributed by atoms with E-state index in [1.54, 1.807) is 0 Å². The lowest BCUT2D eigenvalue weighted by Gasteiger charge is -2.48. The van der Waals surface area contributed by atoms with Gasteiger partial charge in [-0.05, 0) is 39.2 Å². The van der Waals surface area contributed by atoms with Gasteiger partial charge in [0.2, 0.25) is 0 Å². The summed E-state index contributed by atoms with van der Waals surface area (Å²) in [7, 11) is 2.14. The molecular weight excluding hydrogens is 236 g/mol. The van der Waals surface area contributed by atoms with Crippen LogP contribution >= 0.6 is 0 Å². The van der Waals surface area contributed by atoms with Gasteiger partial charge in [-0.3, -0.25) is 4.90 Å². The van der Waals surface area contributed by atoms with Crippen LogP contribution in [0.5, 0.6) is 0 Å². The van der Waals surface area contributed by atoms with Crippen molar-refractivity contribution in [3.63, 3.8) is 0 Å². The molecule has 1 atom stereocenters. The van der Waals surface area contributed by atoms with Crippen LogP contribution in [0.3, 0.4) is 0 Å². The molecule has 1 saturated heterocycles. The van der Waals surface area contributed by atoms with Gasteiger partial charge < -0.3 is 10.1 Å². The van der Waals surface area contributed by atoms with Crippen molar-refractivity contribution >= 4 is 0 Å². The molecule has 2 fully saturated rings. The lowest BCUT2D eigenvalue weighted by atomic mass is 9.83. The monoisotopic (exact) mass is 266 g/mol. The number of hydrogen-bond acceptors (Lipinski definition) is 3. The molecule has 1 heterocycles. The van der Waals surface area contributed by atoms with Gasteiger partial charge >= 0.3 is 0 Å². The molecule has 1 saturated carbocycles. The highest BCUT2D eigenvalue weighted by Gasteiger charge is 2.45. The summed E-state index contributed by atoms with van der Waals surface area (Å²) in [4.78, 5) is 2.72. The van der Waals surface area contributed by atoms with E-state index in [1.165, 1.54) is 38.5 Å². The fraction of sp³-hybridized carbons (Fsp3) is 0.875. The van der Waals surface area contributed by atoms with Crippen molar-refractivity contribution in [2.75, 3.05) is 33.4 Å². The van der Waals surface area contributed by atoms with Crippen LogP contribution in [0.2, 0.25) is 0 Å². The van der Waals surface area contributed by atoms with Crippen LogP contribution in [0.4, 0.5) is 0 Å². The first-order chi connectivity index (χ1) is 9.33. The quantitative estimate of drug-likeness (QED) is 0.566. The van der Waals surface area contributed by atoms with Gasteiger partial charge in [0.1, 0.15) is 0 Å². The van der Waals surface area contributed by atoms with Crippen molar-refractivity contribution in [2.24, 2.45) is 0 Å². The standard InChI is InChI=1S/C16H30N2O/c1-3-4-5-8-15(17-2)16(9-6-7-10-16)18-11-13-19-14-12-18/h3,15,17H,1,4-14H2,2H3. The molecule has 0 aromatic rings. The minimum atomic E-state index is 0.389. The molecule has 19 heavy (non-hydrogen) atoms. The first-order valence-corrected chi connectivity index (χ1v) is 7.94. The highest BCUT2D eigenvalue weighted by atomic mass is 16.5. The summed E-state index contributed by atoms with van der Waals surface area (Å²) in [6, 6.07) is 0.619. The molecule has 110 valence electrons. The second-order valence-electron chi connectivity index (χ2n) is 5.97. The van der Waals surface area contributed by atoms with E-state index in [2.05, 4.69) is 23.8 Å². The summed E-state index contributed by atoms with van der Waals surface area (Å²) in [5.74, 6) is 0. The summed E-state index contributed by atoms with van der Waals surface area (Å²) < 4.78 is 5.54. The van der Waals surface area contributed by atoms with E-state index in [0.717, 1.165) is 32.7 Å². The smallest absolute Gasteiger partial charge is 0.0594 e. The van der Waals surface area contributed by atoms with Crippen LogP contribution in [0.1, 0.15) is 44.9 Å². The topological polar surface area (TPSA) is 24.5 Å². The first-order valence-electron chi connectivity index (χ1n) is 7.94. The molecule has 0 amide bonds. The summed E-state index contributed by atoms with van der Waals surface area (Å²) in [5.41, 5.74) is 0.389. The van der Waals surface area contributed by atoms with E-state index in [0.29, 0.717) is 11.6 Å². The molecule has 0 aromatic heterocycles. The summed E-state index contributed by atoms with van der Waals surface area (Å²) in [6.07, 6.45) is 11.2. The fourth-order valence-electron chi connectivity index (χ4n) is 4.03. The molecule has 0 spiro atoms. The number of likely N-dealkylation sites (N-methyl/N-ethyl adjacent to an activating group) is 1. The SMILES string of the molecule is C=CCCCC(NC)C1(N2CCOCC2)CCCC1. The van der Waals surface area contributed by atoms with E-state index in [9.17, 15) is 0 Å². The molecule has 0 aromatic carbocycles. The zero-order valence-electron chi connectivity index (χ0n) is 12.5. The maximum absolute atomic E-state index is 5.54. The van der Waals surface area contributed by atoms with Crippen LogP contribution in [0, 0.1) is 0 Å². The molecule has 3 nitrogen and oxygen atoms in total.